The lowest BCUT2D eigenvalue weighted by atomic mass is 9.91. The summed E-state index contributed by atoms with van der Waals surface area (Å²) < 4.78 is 5.02. The first-order chi connectivity index (χ1) is 8.26. The van der Waals surface area contributed by atoms with Gasteiger partial charge in [0.1, 0.15) is 0 Å². The van der Waals surface area contributed by atoms with Gasteiger partial charge in [0, 0.05) is 12.1 Å². The SMILES string of the molecule is CCCNC1CCC(NC(=O)OCCC)CC1. The van der Waals surface area contributed by atoms with Crippen LogP contribution < -0.4 is 10.6 Å². The van der Waals surface area contributed by atoms with Crippen LogP contribution in [-0.4, -0.2) is 31.3 Å². The molecule has 1 fully saturated rings. The number of rotatable bonds is 6. The van der Waals surface area contributed by atoms with E-state index < -0.39 is 0 Å². The third-order valence-corrected chi connectivity index (χ3v) is 3.17. The van der Waals surface area contributed by atoms with Crippen LogP contribution in [0.2, 0.25) is 0 Å². The second-order valence-electron chi connectivity index (χ2n) is 4.78. The summed E-state index contributed by atoms with van der Waals surface area (Å²) in [5, 5.41) is 6.48. The molecule has 4 heteroatoms. The molecule has 1 amide bonds. The quantitative estimate of drug-likeness (QED) is 0.752. The van der Waals surface area contributed by atoms with Crippen molar-refractivity contribution in [2.75, 3.05) is 13.2 Å². The predicted molar refractivity (Wildman–Crippen MR) is 69.1 cm³/mol. The van der Waals surface area contributed by atoms with E-state index in [1.54, 1.807) is 0 Å². The zero-order chi connectivity index (χ0) is 12.5. The number of hydrogen-bond acceptors (Lipinski definition) is 3. The minimum absolute atomic E-state index is 0.253. The first-order valence-corrected chi connectivity index (χ1v) is 6.93. The molecule has 17 heavy (non-hydrogen) atoms. The summed E-state index contributed by atoms with van der Waals surface area (Å²) in [5.74, 6) is 0. The summed E-state index contributed by atoms with van der Waals surface area (Å²) in [6, 6.07) is 0.943. The highest BCUT2D eigenvalue weighted by Crippen LogP contribution is 2.18. The van der Waals surface area contributed by atoms with Gasteiger partial charge in [0.15, 0.2) is 0 Å². The molecule has 2 N–H and O–H groups in total. The Balaban J connectivity index is 2.12. The van der Waals surface area contributed by atoms with E-state index in [1.165, 1.54) is 6.42 Å². The zero-order valence-electron chi connectivity index (χ0n) is 11.1. The van der Waals surface area contributed by atoms with Crippen molar-refractivity contribution in [3.63, 3.8) is 0 Å². The van der Waals surface area contributed by atoms with Gasteiger partial charge in [-0.2, -0.15) is 0 Å². The normalized spacial score (nSPS) is 24.4. The molecule has 0 aliphatic heterocycles. The van der Waals surface area contributed by atoms with Gasteiger partial charge in [-0.1, -0.05) is 13.8 Å². The van der Waals surface area contributed by atoms with E-state index in [0.29, 0.717) is 18.7 Å². The Hall–Kier alpha value is -0.770. The summed E-state index contributed by atoms with van der Waals surface area (Å²) in [6.07, 6.45) is 6.22. The molecular formula is C13H26N2O2. The molecule has 0 heterocycles. The van der Waals surface area contributed by atoms with Crippen LogP contribution in [-0.2, 0) is 4.74 Å². The van der Waals surface area contributed by atoms with Gasteiger partial charge in [-0.25, -0.2) is 4.79 Å². The number of carbonyl (C=O) groups is 1. The molecule has 1 aliphatic rings. The third-order valence-electron chi connectivity index (χ3n) is 3.17. The maximum atomic E-state index is 11.4. The molecule has 1 rings (SSSR count). The molecule has 0 bridgehead atoms. The Morgan fingerprint density at radius 3 is 2.35 bits per heavy atom. The zero-order valence-corrected chi connectivity index (χ0v) is 11.1. The second-order valence-corrected chi connectivity index (χ2v) is 4.78. The molecule has 0 aromatic rings. The molecule has 4 nitrogen and oxygen atoms in total. The topological polar surface area (TPSA) is 50.4 Å². The van der Waals surface area contributed by atoms with Crippen LogP contribution in [0.25, 0.3) is 0 Å². The van der Waals surface area contributed by atoms with Crippen LogP contribution in [0.3, 0.4) is 0 Å². The van der Waals surface area contributed by atoms with Crippen molar-refractivity contribution in [3.8, 4) is 0 Å². The van der Waals surface area contributed by atoms with Crippen molar-refractivity contribution in [1.29, 1.82) is 0 Å². The molecule has 0 saturated heterocycles. The van der Waals surface area contributed by atoms with Crippen LogP contribution in [0.15, 0.2) is 0 Å². The van der Waals surface area contributed by atoms with Crippen molar-refractivity contribution in [1.82, 2.24) is 10.6 Å². The molecule has 1 aliphatic carbocycles. The van der Waals surface area contributed by atoms with Crippen LogP contribution in [0.1, 0.15) is 52.4 Å². The number of hydrogen-bond donors (Lipinski definition) is 2. The fourth-order valence-electron chi connectivity index (χ4n) is 2.19. The van der Waals surface area contributed by atoms with Gasteiger partial charge in [-0.3, -0.25) is 0 Å². The molecule has 0 aromatic heterocycles. The number of alkyl carbamates (subject to hydrolysis) is 1. The van der Waals surface area contributed by atoms with Crippen molar-refractivity contribution in [2.24, 2.45) is 0 Å². The standard InChI is InChI=1S/C13H26N2O2/c1-3-9-14-11-5-7-12(8-6-11)15-13(16)17-10-4-2/h11-12,14H,3-10H2,1-2H3,(H,15,16). The van der Waals surface area contributed by atoms with Gasteiger partial charge >= 0.3 is 6.09 Å². The molecular weight excluding hydrogens is 216 g/mol. The van der Waals surface area contributed by atoms with E-state index in [2.05, 4.69) is 17.6 Å². The average Bonchev–Trinajstić information content (AvgIpc) is 2.35. The lowest BCUT2D eigenvalue weighted by Crippen LogP contribution is -2.42. The highest BCUT2D eigenvalue weighted by Gasteiger charge is 2.22. The highest BCUT2D eigenvalue weighted by molar-refractivity contribution is 5.67. The van der Waals surface area contributed by atoms with Gasteiger partial charge in [-0.15, -0.1) is 0 Å². The number of ether oxygens (including phenoxy) is 1. The Morgan fingerprint density at radius 1 is 1.12 bits per heavy atom. The van der Waals surface area contributed by atoms with E-state index >= 15 is 0 Å². The summed E-state index contributed by atoms with van der Waals surface area (Å²) in [4.78, 5) is 11.4. The van der Waals surface area contributed by atoms with E-state index in [4.69, 9.17) is 4.74 Å². The lowest BCUT2D eigenvalue weighted by molar-refractivity contribution is 0.138. The largest absolute Gasteiger partial charge is 0.450 e. The molecule has 1 saturated carbocycles. The van der Waals surface area contributed by atoms with Crippen LogP contribution >= 0.6 is 0 Å². The lowest BCUT2D eigenvalue weighted by Gasteiger charge is -2.29. The maximum absolute atomic E-state index is 11.4. The smallest absolute Gasteiger partial charge is 0.407 e. The van der Waals surface area contributed by atoms with Gasteiger partial charge in [0.05, 0.1) is 6.61 Å². The van der Waals surface area contributed by atoms with E-state index in [-0.39, 0.29) is 6.09 Å². The molecule has 0 aromatic carbocycles. The molecule has 100 valence electrons. The molecule has 0 radical (unpaired) electrons. The first kappa shape index (κ1) is 14.3. The number of carbonyl (C=O) groups excluding carboxylic acids is 1. The Morgan fingerprint density at radius 2 is 1.76 bits per heavy atom. The molecule has 0 atom stereocenters. The Bertz CT molecular complexity index is 213. The Kier molecular flexibility index (Phi) is 7.01. The van der Waals surface area contributed by atoms with Crippen molar-refractivity contribution >= 4 is 6.09 Å². The van der Waals surface area contributed by atoms with Crippen LogP contribution in [0, 0.1) is 0 Å². The third kappa shape index (κ3) is 5.91. The van der Waals surface area contributed by atoms with Crippen molar-refractivity contribution in [3.05, 3.63) is 0 Å². The minimum Gasteiger partial charge on any atom is -0.450 e. The van der Waals surface area contributed by atoms with Gasteiger partial charge < -0.3 is 15.4 Å². The van der Waals surface area contributed by atoms with E-state index in [1.807, 2.05) is 6.92 Å². The average molecular weight is 242 g/mol. The fourth-order valence-corrected chi connectivity index (χ4v) is 2.19. The second kappa shape index (κ2) is 8.34. The van der Waals surface area contributed by atoms with E-state index in [9.17, 15) is 4.79 Å². The van der Waals surface area contributed by atoms with Crippen LogP contribution in [0.4, 0.5) is 4.79 Å². The Labute approximate surface area is 104 Å². The summed E-state index contributed by atoms with van der Waals surface area (Å²) in [6.45, 7) is 5.79. The number of nitrogens with one attached hydrogen (secondary N) is 2. The van der Waals surface area contributed by atoms with Crippen molar-refractivity contribution in [2.45, 2.75) is 64.5 Å². The van der Waals surface area contributed by atoms with Crippen LogP contribution in [0.5, 0.6) is 0 Å². The number of amides is 1. The highest BCUT2D eigenvalue weighted by atomic mass is 16.5. The van der Waals surface area contributed by atoms with Gasteiger partial charge in [-0.05, 0) is 45.1 Å². The van der Waals surface area contributed by atoms with E-state index in [0.717, 1.165) is 38.6 Å². The van der Waals surface area contributed by atoms with Gasteiger partial charge in [0.2, 0.25) is 0 Å². The molecule has 0 spiro atoms. The predicted octanol–water partition coefficient (Wildman–Crippen LogP) is 2.43. The maximum Gasteiger partial charge on any atom is 0.407 e. The minimum atomic E-state index is -0.253. The van der Waals surface area contributed by atoms with Crippen molar-refractivity contribution < 1.29 is 9.53 Å². The first-order valence-electron chi connectivity index (χ1n) is 6.93. The summed E-state index contributed by atoms with van der Waals surface area (Å²) >= 11 is 0. The molecule has 0 unspecified atom stereocenters. The fraction of sp³-hybridized carbons (Fsp3) is 0.923. The summed E-state index contributed by atoms with van der Waals surface area (Å²) in [7, 11) is 0. The summed E-state index contributed by atoms with van der Waals surface area (Å²) in [5.41, 5.74) is 0. The van der Waals surface area contributed by atoms with Gasteiger partial charge in [0.25, 0.3) is 0 Å². The monoisotopic (exact) mass is 242 g/mol.